The summed E-state index contributed by atoms with van der Waals surface area (Å²) in [6.45, 7) is 4.53. The molecule has 0 radical (unpaired) electrons. The van der Waals surface area contributed by atoms with Crippen LogP contribution in [0.15, 0.2) is 10.6 Å². The lowest BCUT2D eigenvalue weighted by Gasteiger charge is -2.14. The topological polar surface area (TPSA) is 55.1 Å². The van der Waals surface area contributed by atoms with Crippen molar-refractivity contribution >= 4 is 17.5 Å². The minimum Gasteiger partial charge on any atom is -0.361 e. The van der Waals surface area contributed by atoms with Crippen LogP contribution >= 0.6 is 11.6 Å². The monoisotopic (exact) mass is 258 g/mol. The first-order chi connectivity index (χ1) is 8.17. The van der Waals surface area contributed by atoms with Crippen molar-refractivity contribution in [3.8, 4) is 0 Å². The molecule has 1 atom stereocenters. The van der Waals surface area contributed by atoms with E-state index in [-0.39, 0.29) is 5.91 Å². The molecule has 0 aliphatic rings. The average molecular weight is 259 g/mol. The number of nitrogens with one attached hydrogen (secondary N) is 1. The lowest BCUT2D eigenvalue weighted by Crippen LogP contribution is -2.29. The summed E-state index contributed by atoms with van der Waals surface area (Å²) < 4.78 is 4.86. The highest BCUT2D eigenvalue weighted by Gasteiger charge is 2.13. The lowest BCUT2D eigenvalue weighted by atomic mass is 10.0. The van der Waals surface area contributed by atoms with Crippen molar-refractivity contribution in [2.75, 3.05) is 12.4 Å². The van der Waals surface area contributed by atoms with E-state index in [1.807, 2.05) is 0 Å². The minimum atomic E-state index is -0.183. The van der Waals surface area contributed by atoms with Crippen LogP contribution in [0.5, 0.6) is 0 Å². The highest BCUT2D eigenvalue weighted by atomic mass is 35.5. The predicted molar refractivity (Wildman–Crippen MR) is 67.3 cm³/mol. The molecule has 96 valence electrons. The van der Waals surface area contributed by atoms with Crippen LogP contribution < -0.4 is 5.32 Å². The maximum atomic E-state index is 11.7. The first-order valence-electron chi connectivity index (χ1n) is 5.94. The second-order valence-corrected chi connectivity index (χ2v) is 4.54. The van der Waals surface area contributed by atoms with Crippen LogP contribution in [-0.2, 0) is 0 Å². The van der Waals surface area contributed by atoms with E-state index in [1.165, 1.54) is 0 Å². The maximum absolute atomic E-state index is 11.7. The molecule has 0 aromatic carbocycles. The van der Waals surface area contributed by atoms with Gasteiger partial charge in [0.15, 0.2) is 5.69 Å². The van der Waals surface area contributed by atoms with Gasteiger partial charge in [-0.15, -0.1) is 11.6 Å². The lowest BCUT2D eigenvalue weighted by molar-refractivity contribution is 0.0937. The van der Waals surface area contributed by atoms with Crippen LogP contribution in [0.4, 0.5) is 0 Å². The summed E-state index contributed by atoms with van der Waals surface area (Å²) in [5.74, 6) is 1.52. The zero-order chi connectivity index (χ0) is 12.7. The number of aryl methyl sites for hydroxylation is 1. The zero-order valence-corrected chi connectivity index (χ0v) is 11.1. The Balaban J connectivity index is 2.40. The van der Waals surface area contributed by atoms with Gasteiger partial charge in [0.25, 0.3) is 5.91 Å². The molecule has 0 aliphatic carbocycles. The SMILES string of the molecule is CCCC(CCCl)CNC(=O)c1cc(C)on1. The Hall–Kier alpha value is -1.03. The second kappa shape index (κ2) is 7.33. The van der Waals surface area contributed by atoms with E-state index in [4.69, 9.17) is 16.1 Å². The van der Waals surface area contributed by atoms with E-state index >= 15 is 0 Å². The molecule has 5 heteroatoms. The van der Waals surface area contributed by atoms with Crippen LogP contribution in [-0.4, -0.2) is 23.5 Å². The molecule has 0 saturated carbocycles. The second-order valence-electron chi connectivity index (χ2n) is 4.17. The van der Waals surface area contributed by atoms with Crippen LogP contribution in [0, 0.1) is 12.8 Å². The maximum Gasteiger partial charge on any atom is 0.273 e. The largest absolute Gasteiger partial charge is 0.361 e. The van der Waals surface area contributed by atoms with Crippen molar-refractivity contribution in [3.05, 3.63) is 17.5 Å². The van der Waals surface area contributed by atoms with Gasteiger partial charge in [0, 0.05) is 18.5 Å². The number of alkyl halides is 1. The standard InChI is InChI=1S/C12H19ClN2O2/c1-3-4-10(5-6-13)8-14-12(16)11-7-9(2)17-15-11/h7,10H,3-6,8H2,1-2H3,(H,14,16). The summed E-state index contributed by atoms with van der Waals surface area (Å²) in [5.41, 5.74) is 0.337. The molecule has 0 saturated heterocycles. The molecular weight excluding hydrogens is 240 g/mol. The number of nitrogens with zero attached hydrogens (tertiary/aromatic N) is 1. The van der Waals surface area contributed by atoms with E-state index in [9.17, 15) is 4.79 Å². The number of hydrogen-bond acceptors (Lipinski definition) is 3. The van der Waals surface area contributed by atoms with Crippen LogP contribution in [0.3, 0.4) is 0 Å². The molecule has 0 spiro atoms. The summed E-state index contributed by atoms with van der Waals surface area (Å²) in [6.07, 6.45) is 3.10. The Morgan fingerprint density at radius 3 is 2.88 bits per heavy atom. The van der Waals surface area contributed by atoms with E-state index in [2.05, 4.69) is 17.4 Å². The molecule has 1 rings (SSSR count). The van der Waals surface area contributed by atoms with Gasteiger partial charge in [-0.1, -0.05) is 18.5 Å². The van der Waals surface area contributed by atoms with Gasteiger partial charge < -0.3 is 9.84 Å². The smallest absolute Gasteiger partial charge is 0.273 e. The third kappa shape index (κ3) is 4.77. The van der Waals surface area contributed by atoms with Gasteiger partial charge in [-0.3, -0.25) is 4.79 Å². The van der Waals surface area contributed by atoms with Crippen molar-refractivity contribution < 1.29 is 9.32 Å². The van der Waals surface area contributed by atoms with Crippen molar-refractivity contribution in [2.24, 2.45) is 5.92 Å². The van der Waals surface area contributed by atoms with Crippen LogP contribution in [0.1, 0.15) is 42.4 Å². The van der Waals surface area contributed by atoms with Gasteiger partial charge in [0.1, 0.15) is 5.76 Å². The molecule has 1 heterocycles. The van der Waals surface area contributed by atoms with Crippen molar-refractivity contribution in [3.63, 3.8) is 0 Å². The van der Waals surface area contributed by atoms with Gasteiger partial charge in [-0.05, 0) is 25.7 Å². The molecule has 0 bridgehead atoms. The normalized spacial score (nSPS) is 12.4. The van der Waals surface area contributed by atoms with Gasteiger partial charge >= 0.3 is 0 Å². The Kier molecular flexibility index (Phi) is 6.05. The Labute approximate surface area is 107 Å². The zero-order valence-electron chi connectivity index (χ0n) is 10.3. The van der Waals surface area contributed by atoms with Crippen LogP contribution in [0.2, 0.25) is 0 Å². The summed E-state index contributed by atoms with van der Waals surface area (Å²) in [4.78, 5) is 11.7. The molecule has 1 aromatic heterocycles. The van der Waals surface area contributed by atoms with Gasteiger partial charge in [0.2, 0.25) is 0 Å². The fraction of sp³-hybridized carbons (Fsp3) is 0.667. The Bertz CT molecular complexity index is 346. The fourth-order valence-electron chi connectivity index (χ4n) is 1.71. The van der Waals surface area contributed by atoms with Gasteiger partial charge in [-0.25, -0.2) is 0 Å². The molecule has 0 fully saturated rings. The summed E-state index contributed by atoms with van der Waals surface area (Å²) in [5, 5.41) is 6.53. The number of carbonyl (C=O) groups is 1. The predicted octanol–water partition coefficient (Wildman–Crippen LogP) is 2.76. The minimum absolute atomic E-state index is 0.183. The fourth-order valence-corrected chi connectivity index (χ4v) is 2.02. The molecule has 1 aromatic rings. The average Bonchev–Trinajstić information content (AvgIpc) is 2.73. The number of halogens is 1. The number of aromatic nitrogens is 1. The molecule has 0 aliphatic heterocycles. The number of amides is 1. The third-order valence-electron chi connectivity index (χ3n) is 2.63. The molecule has 4 nitrogen and oxygen atoms in total. The Morgan fingerprint density at radius 2 is 2.35 bits per heavy atom. The van der Waals surface area contributed by atoms with Crippen molar-refractivity contribution in [1.29, 1.82) is 0 Å². The Morgan fingerprint density at radius 1 is 1.59 bits per heavy atom. The number of hydrogen-bond donors (Lipinski definition) is 1. The third-order valence-corrected chi connectivity index (χ3v) is 2.84. The van der Waals surface area contributed by atoms with E-state index in [0.717, 1.165) is 19.3 Å². The van der Waals surface area contributed by atoms with Gasteiger partial charge in [0.05, 0.1) is 0 Å². The number of rotatable bonds is 7. The summed E-state index contributed by atoms with van der Waals surface area (Å²) >= 11 is 5.73. The molecular formula is C12H19ClN2O2. The highest BCUT2D eigenvalue weighted by Crippen LogP contribution is 2.11. The summed E-state index contributed by atoms with van der Waals surface area (Å²) in [6, 6.07) is 1.63. The quantitative estimate of drug-likeness (QED) is 0.765. The first kappa shape index (κ1) is 14.0. The van der Waals surface area contributed by atoms with Gasteiger partial charge in [-0.2, -0.15) is 0 Å². The number of carbonyl (C=O) groups excluding carboxylic acids is 1. The van der Waals surface area contributed by atoms with E-state index in [0.29, 0.717) is 29.8 Å². The molecule has 17 heavy (non-hydrogen) atoms. The molecule has 1 amide bonds. The van der Waals surface area contributed by atoms with Crippen LogP contribution in [0.25, 0.3) is 0 Å². The molecule has 1 N–H and O–H groups in total. The van der Waals surface area contributed by atoms with E-state index in [1.54, 1.807) is 13.0 Å². The van der Waals surface area contributed by atoms with Crippen molar-refractivity contribution in [1.82, 2.24) is 10.5 Å². The molecule has 1 unspecified atom stereocenters. The first-order valence-corrected chi connectivity index (χ1v) is 6.48. The summed E-state index contributed by atoms with van der Waals surface area (Å²) in [7, 11) is 0. The highest BCUT2D eigenvalue weighted by molar-refractivity contribution is 6.17. The van der Waals surface area contributed by atoms with E-state index < -0.39 is 0 Å². The van der Waals surface area contributed by atoms with Crippen molar-refractivity contribution in [2.45, 2.75) is 33.1 Å².